The van der Waals surface area contributed by atoms with Crippen LogP contribution in [0.15, 0.2) is 42.0 Å². The predicted molar refractivity (Wildman–Crippen MR) is 57.6 cm³/mol. The lowest BCUT2D eigenvalue weighted by Gasteiger charge is -2.03. The summed E-state index contributed by atoms with van der Waals surface area (Å²) < 4.78 is 0. The van der Waals surface area contributed by atoms with Crippen LogP contribution in [0.1, 0.15) is 18.9 Å². The Balaban J connectivity index is 2.62. The lowest BCUT2D eigenvalue weighted by molar-refractivity contribution is 0.985. The molecule has 0 radical (unpaired) electrons. The summed E-state index contributed by atoms with van der Waals surface area (Å²) in [6.07, 6.45) is 4.24. The molecule has 70 valence electrons. The summed E-state index contributed by atoms with van der Waals surface area (Å²) in [6, 6.07) is 10.5. The third-order valence-corrected chi connectivity index (χ3v) is 2.13. The Kier molecular flexibility index (Phi) is 4.27. The Bertz CT molecular complexity index is 262. The minimum atomic E-state index is 0.649. The van der Waals surface area contributed by atoms with E-state index in [1.165, 1.54) is 11.1 Å². The maximum atomic E-state index is 5.48. The van der Waals surface area contributed by atoms with E-state index in [0.29, 0.717) is 6.54 Å². The van der Waals surface area contributed by atoms with Crippen LogP contribution in [0, 0.1) is 0 Å². The van der Waals surface area contributed by atoms with Crippen LogP contribution in [0.4, 0.5) is 0 Å². The molecule has 0 saturated heterocycles. The molecule has 0 atom stereocenters. The number of allylic oxidation sites excluding steroid dienone is 1. The first-order valence-electron chi connectivity index (χ1n) is 4.78. The molecule has 1 heteroatoms. The monoisotopic (exact) mass is 175 g/mol. The molecule has 0 fully saturated rings. The summed E-state index contributed by atoms with van der Waals surface area (Å²) in [5, 5.41) is 0. The van der Waals surface area contributed by atoms with Crippen molar-refractivity contribution in [3.05, 3.63) is 47.5 Å². The van der Waals surface area contributed by atoms with Crippen LogP contribution in [0.3, 0.4) is 0 Å². The summed E-state index contributed by atoms with van der Waals surface area (Å²) >= 11 is 0. The van der Waals surface area contributed by atoms with Crippen molar-refractivity contribution in [1.82, 2.24) is 0 Å². The van der Waals surface area contributed by atoms with Crippen LogP contribution in [0.25, 0.3) is 0 Å². The highest BCUT2D eigenvalue weighted by Crippen LogP contribution is 2.09. The summed E-state index contributed by atoms with van der Waals surface area (Å²) in [5.41, 5.74) is 8.27. The maximum Gasteiger partial charge on any atom is 0.0109 e. The lowest BCUT2D eigenvalue weighted by atomic mass is 10.0. The summed E-state index contributed by atoms with van der Waals surface area (Å²) in [6.45, 7) is 2.82. The van der Waals surface area contributed by atoms with Gasteiger partial charge in [-0.25, -0.2) is 0 Å². The van der Waals surface area contributed by atoms with Crippen LogP contribution >= 0.6 is 0 Å². The van der Waals surface area contributed by atoms with Gasteiger partial charge < -0.3 is 5.73 Å². The van der Waals surface area contributed by atoms with Gasteiger partial charge in [-0.15, -0.1) is 0 Å². The first-order valence-corrected chi connectivity index (χ1v) is 4.78. The van der Waals surface area contributed by atoms with Crippen LogP contribution in [-0.4, -0.2) is 6.54 Å². The van der Waals surface area contributed by atoms with Gasteiger partial charge in [-0.3, -0.25) is 0 Å². The van der Waals surface area contributed by atoms with Gasteiger partial charge in [-0.05, 0) is 18.4 Å². The standard InChI is InChI=1S/C12H17N/c1-2-11(8-9-13)10-12-6-4-3-5-7-12/h3-8H,2,9-10,13H2,1H3/b11-8-. The van der Waals surface area contributed by atoms with E-state index >= 15 is 0 Å². The zero-order chi connectivity index (χ0) is 9.52. The molecule has 0 spiro atoms. The molecular weight excluding hydrogens is 158 g/mol. The second kappa shape index (κ2) is 5.55. The summed E-state index contributed by atoms with van der Waals surface area (Å²) in [7, 11) is 0. The molecule has 2 N–H and O–H groups in total. The van der Waals surface area contributed by atoms with E-state index in [2.05, 4.69) is 37.3 Å². The second-order valence-corrected chi connectivity index (χ2v) is 3.11. The van der Waals surface area contributed by atoms with Gasteiger partial charge in [0.05, 0.1) is 0 Å². The van der Waals surface area contributed by atoms with Gasteiger partial charge in [0.1, 0.15) is 0 Å². The summed E-state index contributed by atoms with van der Waals surface area (Å²) in [5.74, 6) is 0. The van der Waals surface area contributed by atoms with Crippen LogP contribution in [-0.2, 0) is 6.42 Å². The first kappa shape index (κ1) is 10.0. The fourth-order valence-corrected chi connectivity index (χ4v) is 1.37. The third-order valence-electron chi connectivity index (χ3n) is 2.13. The highest BCUT2D eigenvalue weighted by atomic mass is 14.5. The Morgan fingerprint density at radius 1 is 1.31 bits per heavy atom. The Labute approximate surface area is 80.3 Å². The molecule has 0 saturated carbocycles. The van der Waals surface area contributed by atoms with Crippen molar-refractivity contribution in [1.29, 1.82) is 0 Å². The minimum Gasteiger partial charge on any atom is -0.327 e. The Hall–Kier alpha value is -1.08. The van der Waals surface area contributed by atoms with E-state index in [0.717, 1.165) is 12.8 Å². The second-order valence-electron chi connectivity index (χ2n) is 3.11. The maximum absolute atomic E-state index is 5.48. The smallest absolute Gasteiger partial charge is 0.0109 e. The quantitative estimate of drug-likeness (QED) is 0.699. The molecule has 0 bridgehead atoms. The van der Waals surface area contributed by atoms with Crippen LogP contribution in [0.2, 0.25) is 0 Å². The topological polar surface area (TPSA) is 26.0 Å². The number of benzene rings is 1. The normalized spacial score (nSPS) is 11.7. The van der Waals surface area contributed by atoms with Crippen LogP contribution < -0.4 is 5.73 Å². The van der Waals surface area contributed by atoms with Gasteiger partial charge in [0.25, 0.3) is 0 Å². The van der Waals surface area contributed by atoms with Crippen molar-refractivity contribution in [2.45, 2.75) is 19.8 Å². The Morgan fingerprint density at radius 3 is 2.54 bits per heavy atom. The average molecular weight is 175 g/mol. The largest absolute Gasteiger partial charge is 0.327 e. The minimum absolute atomic E-state index is 0.649. The predicted octanol–water partition coefficient (Wildman–Crippen LogP) is 2.52. The highest BCUT2D eigenvalue weighted by Gasteiger charge is 1.95. The van der Waals surface area contributed by atoms with E-state index in [9.17, 15) is 0 Å². The zero-order valence-corrected chi connectivity index (χ0v) is 8.16. The Morgan fingerprint density at radius 2 is 2.00 bits per heavy atom. The fraction of sp³-hybridized carbons (Fsp3) is 0.333. The van der Waals surface area contributed by atoms with E-state index in [4.69, 9.17) is 5.73 Å². The first-order chi connectivity index (χ1) is 6.36. The van der Waals surface area contributed by atoms with E-state index in [-0.39, 0.29) is 0 Å². The molecule has 0 unspecified atom stereocenters. The van der Waals surface area contributed by atoms with Gasteiger partial charge in [-0.1, -0.05) is 48.9 Å². The van der Waals surface area contributed by atoms with Gasteiger partial charge in [0.15, 0.2) is 0 Å². The molecule has 0 heterocycles. The number of nitrogens with two attached hydrogens (primary N) is 1. The van der Waals surface area contributed by atoms with Crippen molar-refractivity contribution in [2.24, 2.45) is 5.73 Å². The molecule has 0 aliphatic heterocycles. The molecule has 1 rings (SSSR count). The average Bonchev–Trinajstić information content (AvgIpc) is 2.19. The summed E-state index contributed by atoms with van der Waals surface area (Å²) in [4.78, 5) is 0. The zero-order valence-electron chi connectivity index (χ0n) is 8.16. The van der Waals surface area contributed by atoms with Crippen LogP contribution in [0.5, 0.6) is 0 Å². The number of hydrogen-bond donors (Lipinski definition) is 1. The third kappa shape index (κ3) is 3.43. The molecule has 0 aliphatic carbocycles. The molecule has 1 aromatic carbocycles. The van der Waals surface area contributed by atoms with E-state index in [1.54, 1.807) is 0 Å². The van der Waals surface area contributed by atoms with E-state index in [1.807, 2.05) is 6.07 Å². The fourth-order valence-electron chi connectivity index (χ4n) is 1.37. The molecule has 0 aliphatic rings. The van der Waals surface area contributed by atoms with Crippen molar-refractivity contribution >= 4 is 0 Å². The van der Waals surface area contributed by atoms with E-state index < -0.39 is 0 Å². The SMILES string of the molecule is CC/C(=C/CN)Cc1ccccc1. The highest BCUT2D eigenvalue weighted by molar-refractivity contribution is 5.21. The van der Waals surface area contributed by atoms with Gasteiger partial charge >= 0.3 is 0 Å². The molecule has 1 nitrogen and oxygen atoms in total. The molecule has 0 amide bonds. The van der Waals surface area contributed by atoms with Crippen molar-refractivity contribution in [3.63, 3.8) is 0 Å². The molecule has 0 aromatic heterocycles. The van der Waals surface area contributed by atoms with Gasteiger partial charge in [0, 0.05) is 6.54 Å². The number of hydrogen-bond acceptors (Lipinski definition) is 1. The lowest BCUT2D eigenvalue weighted by Crippen LogP contribution is -1.97. The molecule has 1 aromatic rings. The van der Waals surface area contributed by atoms with Gasteiger partial charge in [0.2, 0.25) is 0 Å². The van der Waals surface area contributed by atoms with Crippen molar-refractivity contribution < 1.29 is 0 Å². The molecular formula is C12H17N. The number of rotatable bonds is 4. The molecule has 13 heavy (non-hydrogen) atoms. The van der Waals surface area contributed by atoms with Crippen molar-refractivity contribution in [3.8, 4) is 0 Å². The van der Waals surface area contributed by atoms with Gasteiger partial charge in [-0.2, -0.15) is 0 Å². The van der Waals surface area contributed by atoms with Crippen molar-refractivity contribution in [2.75, 3.05) is 6.54 Å².